The molecule has 1 aromatic carbocycles. The van der Waals surface area contributed by atoms with Crippen molar-refractivity contribution < 1.29 is 13.5 Å². The molecule has 0 unspecified atom stereocenters. The zero-order chi connectivity index (χ0) is 22.3. The Morgan fingerprint density at radius 3 is 2.13 bits per heavy atom. The fraction of sp³-hybridized carbons (Fsp3) is 0.593. The van der Waals surface area contributed by atoms with Crippen LogP contribution in [-0.2, 0) is 6.42 Å². The summed E-state index contributed by atoms with van der Waals surface area (Å²) >= 11 is 0. The lowest BCUT2D eigenvalue weighted by Crippen LogP contribution is -2.24. The molecule has 2 atom stereocenters. The van der Waals surface area contributed by atoms with Gasteiger partial charge in [0.2, 0.25) is 0 Å². The minimum atomic E-state index is -1.60. The first-order valence-corrected chi connectivity index (χ1v) is 12.1. The van der Waals surface area contributed by atoms with E-state index in [-0.39, 0.29) is 13.0 Å². The molecule has 0 spiro atoms. The van der Waals surface area contributed by atoms with Crippen molar-refractivity contribution in [3.05, 3.63) is 48.2 Å². The molecule has 0 bridgehead atoms. The van der Waals surface area contributed by atoms with E-state index in [0.717, 1.165) is 30.5 Å². The summed E-state index contributed by atoms with van der Waals surface area (Å²) in [4.78, 5) is 4.42. The molecule has 172 valence electrons. The molecular formula is C27H39F2NO. The largest absolute Gasteiger partial charge is 0.489 e. The summed E-state index contributed by atoms with van der Waals surface area (Å²) < 4.78 is 33.2. The number of nitrogens with zero attached hydrogens (tertiary/aromatic N) is 1. The lowest BCUT2D eigenvalue weighted by Gasteiger charge is -2.14. The maximum atomic E-state index is 13.9. The third kappa shape index (κ3) is 9.80. The number of rotatable bonds is 16. The number of unbranched alkanes of at least 4 members (excludes halogenated alkanes) is 7. The Balaban J connectivity index is 1.75. The van der Waals surface area contributed by atoms with E-state index in [1.54, 1.807) is 12.3 Å². The lowest BCUT2D eigenvalue weighted by atomic mass is 10.0. The molecule has 0 aliphatic carbocycles. The topological polar surface area (TPSA) is 22.1 Å². The highest BCUT2D eigenvalue weighted by molar-refractivity contribution is 5.59. The highest BCUT2D eigenvalue weighted by Crippen LogP contribution is 2.22. The van der Waals surface area contributed by atoms with Crippen molar-refractivity contribution in [3.63, 3.8) is 0 Å². The van der Waals surface area contributed by atoms with Gasteiger partial charge in [0.25, 0.3) is 0 Å². The smallest absolute Gasteiger partial charge is 0.165 e. The van der Waals surface area contributed by atoms with Gasteiger partial charge in [-0.1, -0.05) is 89.5 Å². The Hall–Kier alpha value is -1.97. The number of pyridine rings is 1. The molecule has 0 radical (unpaired) electrons. The van der Waals surface area contributed by atoms with Crippen LogP contribution in [0.2, 0.25) is 0 Å². The molecule has 0 aliphatic rings. The second kappa shape index (κ2) is 14.9. The Labute approximate surface area is 187 Å². The predicted molar refractivity (Wildman–Crippen MR) is 126 cm³/mol. The van der Waals surface area contributed by atoms with E-state index >= 15 is 0 Å². The standard InChI is InChI=1S/C27H39F2NO/c1-3-5-7-8-9-11-12-22-14-16-23(17-15-22)27-19-18-24(20-30-27)31-21-26(29)25(28)13-10-6-4-2/h14-20,25-26H,3-13,21H2,1-2H3/t25-,26-/m1/s1. The van der Waals surface area contributed by atoms with Crippen molar-refractivity contribution in [1.29, 1.82) is 0 Å². The van der Waals surface area contributed by atoms with Crippen LogP contribution in [0.15, 0.2) is 42.6 Å². The molecule has 1 heterocycles. The summed E-state index contributed by atoms with van der Waals surface area (Å²) in [6.07, 6.45) is 10.4. The van der Waals surface area contributed by atoms with Crippen molar-refractivity contribution in [2.24, 2.45) is 0 Å². The van der Waals surface area contributed by atoms with Gasteiger partial charge in [-0.05, 0) is 37.0 Å². The zero-order valence-corrected chi connectivity index (χ0v) is 19.3. The molecule has 0 N–H and O–H groups in total. The molecule has 31 heavy (non-hydrogen) atoms. The van der Waals surface area contributed by atoms with E-state index in [9.17, 15) is 8.78 Å². The number of hydrogen-bond donors (Lipinski definition) is 0. The van der Waals surface area contributed by atoms with Crippen molar-refractivity contribution >= 4 is 0 Å². The predicted octanol–water partition coefficient (Wildman–Crippen LogP) is 8.29. The Morgan fingerprint density at radius 1 is 0.774 bits per heavy atom. The number of alkyl halides is 2. The molecule has 2 aromatic rings. The summed E-state index contributed by atoms with van der Waals surface area (Å²) in [5.41, 5.74) is 3.24. The average Bonchev–Trinajstić information content (AvgIpc) is 2.80. The molecule has 0 saturated carbocycles. The molecular weight excluding hydrogens is 392 g/mol. The van der Waals surface area contributed by atoms with Crippen molar-refractivity contribution in [2.45, 2.75) is 96.8 Å². The molecule has 2 nitrogen and oxygen atoms in total. The number of aryl methyl sites for hydroxylation is 1. The second-order valence-electron chi connectivity index (χ2n) is 8.43. The van der Waals surface area contributed by atoms with Crippen LogP contribution < -0.4 is 4.74 Å². The Kier molecular flexibility index (Phi) is 12.2. The lowest BCUT2D eigenvalue weighted by molar-refractivity contribution is 0.101. The van der Waals surface area contributed by atoms with E-state index in [2.05, 4.69) is 36.2 Å². The summed E-state index contributed by atoms with van der Waals surface area (Å²) in [7, 11) is 0. The molecule has 4 heteroatoms. The third-order valence-electron chi connectivity index (χ3n) is 5.69. The minimum absolute atomic E-state index is 0.254. The number of aromatic nitrogens is 1. The first kappa shape index (κ1) is 25.3. The molecule has 1 aromatic heterocycles. The monoisotopic (exact) mass is 431 g/mol. The van der Waals surface area contributed by atoms with Crippen LogP contribution in [-0.4, -0.2) is 23.9 Å². The molecule has 2 rings (SSSR count). The summed E-state index contributed by atoms with van der Waals surface area (Å²) in [6, 6.07) is 12.2. The quantitative estimate of drug-likeness (QED) is 0.249. The van der Waals surface area contributed by atoms with Gasteiger partial charge in [0.05, 0.1) is 11.9 Å². The first-order chi connectivity index (χ1) is 15.1. The minimum Gasteiger partial charge on any atom is -0.489 e. The normalized spacial score (nSPS) is 13.2. The fourth-order valence-electron chi connectivity index (χ4n) is 3.64. The van der Waals surface area contributed by atoms with Gasteiger partial charge in [0.1, 0.15) is 18.5 Å². The van der Waals surface area contributed by atoms with Gasteiger partial charge in [-0.3, -0.25) is 4.98 Å². The molecule has 0 aliphatic heterocycles. The first-order valence-electron chi connectivity index (χ1n) is 12.1. The van der Waals surface area contributed by atoms with E-state index in [1.165, 1.54) is 44.1 Å². The van der Waals surface area contributed by atoms with Crippen LogP contribution in [0.4, 0.5) is 8.78 Å². The highest BCUT2D eigenvalue weighted by atomic mass is 19.2. The number of hydrogen-bond acceptors (Lipinski definition) is 2. The van der Waals surface area contributed by atoms with E-state index in [0.29, 0.717) is 12.2 Å². The second-order valence-corrected chi connectivity index (χ2v) is 8.43. The van der Waals surface area contributed by atoms with Gasteiger partial charge < -0.3 is 4.74 Å². The molecule has 0 fully saturated rings. The van der Waals surface area contributed by atoms with Crippen LogP contribution in [0.3, 0.4) is 0 Å². The summed E-state index contributed by atoms with van der Waals surface area (Å²) in [6.45, 7) is 4.01. The SMILES string of the molecule is CCCCCCCCc1ccc(-c2ccc(OC[C@@H](F)[C@H](F)CCCCC)cn2)cc1. The number of benzene rings is 1. The molecule has 0 saturated heterocycles. The van der Waals surface area contributed by atoms with Crippen molar-refractivity contribution in [1.82, 2.24) is 4.98 Å². The van der Waals surface area contributed by atoms with Crippen LogP contribution in [0, 0.1) is 0 Å². The zero-order valence-electron chi connectivity index (χ0n) is 19.3. The van der Waals surface area contributed by atoms with Crippen molar-refractivity contribution in [3.8, 4) is 17.0 Å². The van der Waals surface area contributed by atoms with Gasteiger partial charge in [0.15, 0.2) is 6.17 Å². The highest BCUT2D eigenvalue weighted by Gasteiger charge is 2.20. The summed E-state index contributed by atoms with van der Waals surface area (Å²) in [5, 5.41) is 0. The number of ether oxygens (including phenoxy) is 1. The molecule has 0 amide bonds. The maximum Gasteiger partial charge on any atom is 0.165 e. The van der Waals surface area contributed by atoms with Crippen LogP contribution in [0.25, 0.3) is 11.3 Å². The van der Waals surface area contributed by atoms with Crippen LogP contribution >= 0.6 is 0 Å². The summed E-state index contributed by atoms with van der Waals surface area (Å²) in [5.74, 6) is 0.465. The Morgan fingerprint density at radius 2 is 1.45 bits per heavy atom. The Bertz CT molecular complexity index is 702. The van der Waals surface area contributed by atoms with E-state index in [1.807, 2.05) is 13.0 Å². The fourth-order valence-corrected chi connectivity index (χ4v) is 3.64. The number of halogens is 2. The van der Waals surface area contributed by atoms with Gasteiger partial charge in [-0.25, -0.2) is 8.78 Å². The van der Waals surface area contributed by atoms with Crippen LogP contribution in [0.5, 0.6) is 5.75 Å². The van der Waals surface area contributed by atoms with Crippen molar-refractivity contribution in [2.75, 3.05) is 6.61 Å². The third-order valence-corrected chi connectivity index (χ3v) is 5.69. The van der Waals surface area contributed by atoms with E-state index < -0.39 is 12.3 Å². The van der Waals surface area contributed by atoms with Crippen LogP contribution in [0.1, 0.15) is 83.6 Å². The van der Waals surface area contributed by atoms with Gasteiger partial charge >= 0.3 is 0 Å². The average molecular weight is 432 g/mol. The van der Waals surface area contributed by atoms with E-state index in [4.69, 9.17) is 4.74 Å². The maximum absolute atomic E-state index is 13.9. The van der Waals surface area contributed by atoms with Gasteiger partial charge in [0, 0.05) is 5.56 Å². The van der Waals surface area contributed by atoms with Gasteiger partial charge in [-0.2, -0.15) is 0 Å². The van der Waals surface area contributed by atoms with Gasteiger partial charge in [-0.15, -0.1) is 0 Å².